The van der Waals surface area contributed by atoms with E-state index in [-0.39, 0.29) is 6.61 Å². The molecule has 0 spiro atoms. The average molecular weight is 204 g/mol. The summed E-state index contributed by atoms with van der Waals surface area (Å²) in [6, 6.07) is 0. The summed E-state index contributed by atoms with van der Waals surface area (Å²) in [5, 5.41) is 0. The van der Waals surface area contributed by atoms with Crippen LogP contribution < -0.4 is 0 Å². The van der Waals surface area contributed by atoms with Crippen LogP contribution in [-0.2, 0) is 9.47 Å². The van der Waals surface area contributed by atoms with Gasteiger partial charge in [0.1, 0.15) is 0 Å². The van der Waals surface area contributed by atoms with Crippen LogP contribution in [-0.4, -0.2) is 32.4 Å². The van der Waals surface area contributed by atoms with Crippen LogP contribution >= 0.6 is 0 Å². The minimum absolute atomic E-state index is 0.101. The second kappa shape index (κ2) is 6.15. The molecule has 0 rings (SSSR count). The number of hydrogen-bond donors (Lipinski definition) is 0. The molecule has 0 N–H and O–H groups in total. The normalized spacial score (nSPS) is 12.5. The highest BCUT2D eigenvalue weighted by Gasteiger charge is 2.41. The second-order valence-corrected chi connectivity index (χ2v) is 2.32. The van der Waals surface area contributed by atoms with Crippen molar-refractivity contribution < 1.29 is 27.0 Å². The summed E-state index contributed by atoms with van der Waals surface area (Å²) in [7, 11) is 0. The standard InChI is InChI=1S/C7H12F4O2/c1-2-3-12-4-5-13-7(10,11)6(8)9/h6H,2-5H2,1H3. The zero-order chi connectivity index (χ0) is 10.3. The molecular formula is C7H12F4O2. The lowest BCUT2D eigenvalue weighted by Gasteiger charge is -2.15. The molecule has 0 unspecified atom stereocenters. The van der Waals surface area contributed by atoms with Gasteiger partial charge in [-0.15, -0.1) is 0 Å². The van der Waals surface area contributed by atoms with Crippen molar-refractivity contribution in [3.05, 3.63) is 0 Å². The molecule has 0 aliphatic rings. The lowest BCUT2D eigenvalue weighted by atomic mass is 10.5. The third kappa shape index (κ3) is 5.81. The summed E-state index contributed by atoms with van der Waals surface area (Å²) in [4.78, 5) is 0. The number of hydrogen-bond acceptors (Lipinski definition) is 2. The minimum Gasteiger partial charge on any atom is -0.379 e. The molecule has 80 valence electrons. The molecule has 0 atom stereocenters. The molecule has 0 aromatic carbocycles. The van der Waals surface area contributed by atoms with Crippen LogP contribution in [0.1, 0.15) is 13.3 Å². The molecule has 0 aromatic heterocycles. The first-order valence-corrected chi connectivity index (χ1v) is 3.88. The molecule has 0 saturated carbocycles. The van der Waals surface area contributed by atoms with Gasteiger partial charge >= 0.3 is 12.5 Å². The van der Waals surface area contributed by atoms with Gasteiger partial charge in [-0.25, -0.2) is 8.78 Å². The summed E-state index contributed by atoms with van der Waals surface area (Å²) in [5.41, 5.74) is 0. The fourth-order valence-corrected chi connectivity index (χ4v) is 0.546. The van der Waals surface area contributed by atoms with Crippen molar-refractivity contribution in [3.63, 3.8) is 0 Å². The maximum atomic E-state index is 12.0. The van der Waals surface area contributed by atoms with Gasteiger partial charge in [0.05, 0.1) is 13.2 Å². The van der Waals surface area contributed by atoms with Gasteiger partial charge < -0.3 is 9.47 Å². The number of halogens is 4. The summed E-state index contributed by atoms with van der Waals surface area (Å²) in [5.74, 6) is 0. The smallest absolute Gasteiger partial charge is 0.379 e. The summed E-state index contributed by atoms with van der Waals surface area (Å²) in [6.45, 7) is 1.62. The largest absolute Gasteiger partial charge is 0.416 e. The Morgan fingerprint density at radius 3 is 2.23 bits per heavy atom. The zero-order valence-corrected chi connectivity index (χ0v) is 7.23. The van der Waals surface area contributed by atoms with Crippen molar-refractivity contribution in [2.45, 2.75) is 25.9 Å². The summed E-state index contributed by atoms with van der Waals surface area (Å²) < 4.78 is 55.4. The van der Waals surface area contributed by atoms with Crippen molar-refractivity contribution in [1.29, 1.82) is 0 Å². The molecule has 0 aliphatic carbocycles. The zero-order valence-electron chi connectivity index (χ0n) is 7.23. The molecule has 0 radical (unpaired) electrons. The molecular weight excluding hydrogens is 192 g/mol. The van der Waals surface area contributed by atoms with Crippen LogP contribution in [0, 0.1) is 0 Å². The van der Waals surface area contributed by atoms with E-state index >= 15 is 0 Å². The van der Waals surface area contributed by atoms with E-state index in [1.165, 1.54) is 0 Å². The highest BCUT2D eigenvalue weighted by atomic mass is 19.3. The lowest BCUT2D eigenvalue weighted by Crippen LogP contribution is -2.31. The Bertz CT molecular complexity index is 130. The van der Waals surface area contributed by atoms with Crippen LogP contribution in [0.3, 0.4) is 0 Å². The molecule has 0 aromatic rings. The first-order chi connectivity index (χ1) is 6.00. The molecule has 0 amide bonds. The van der Waals surface area contributed by atoms with Crippen LogP contribution in [0.5, 0.6) is 0 Å². The Kier molecular flexibility index (Phi) is 5.98. The molecule has 0 fully saturated rings. The van der Waals surface area contributed by atoms with Gasteiger partial charge in [-0.3, -0.25) is 0 Å². The van der Waals surface area contributed by atoms with Gasteiger partial charge in [0, 0.05) is 6.61 Å². The first-order valence-electron chi connectivity index (χ1n) is 3.88. The summed E-state index contributed by atoms with van der Waals surface area (Å²) in [6.07, 6.45) is -7.42. The molecule has 6 heteroatoms. The Labute approximate surface area is 73.8 Å². The van der Waals surface area contributed by atoms with Crippen LogP contribution in [0.4, 0.5) is 17.6 Å². The van der Waals surface area contributed by atoms with Gasteiger partial charge in [-0.1, -0.05) is 6.92 Å². The fraction of sp³-hybridized carbons (Fsp3) is 1.00. The highest BCUT2D eigenvalue weighted by molar-refractivity contribution is 4.54. The molecule has 0 heterocycles. The van der Waals surface area contributed by atoms with Crippen molar-refractivity contribution in [2.24, 2.45) is 0 Å². The Balaban J connectivity index is 3.41. The van der Waals surface area contributed by atoms with E-state index in [1.54, 1.807) is 0 Å². The quantitative estimate of drug-likeness (QED) is 0.468. The van der Waals surface area contributed by atoms with E-state index in [9.17, 15) is 17.6 Å². The maximum Gasteiger partial charge on any atom is 0.416 e. The first kappa shape index (κ1) is 12.6. The Hall–Kier alpha value is -0.360. The third-order valence-corrected chi connectivity index (χ3v) is 1.12. The molecule has 13 heavy (non-hydrogen) atoms. The lowest BCUT2D eigenvalue weighted by molar-refractivity contribution is -0.302. The van der Waals surface area contributed by atoms with E-state index in [0.717, 1.165) is 6.42 Å². The van der Waals surface area contributed by atoms with Gasteiger partial charge in [0.2, 0.25) is 0 Å². The second-order valence-electron chi connectivity index (χ2n) is 2.32. The van der Waals surface area contributed by atoms with E-state index in [4.69, 9.17) is 4.74 Å². The van der Waals surface area contributed by atoms with Gasteiger partial charge in [0.15, 0.2) is 0 Å². The van der Waals surface area contributed by atoms with E-state index < -0.39 is 19.1 Å². The predicted molar refractivity (Wildman–Crippen MR) is 38.0 cm³/mol. The SMILES string of the molecule is CCCOCCOC(F)(F)C(F)F. The number of rotatable bonds is 7. The Morgan fingerprint density at radius 1 is 1.15 bits per heavy atom. The van der Waals surface area contributed by atoms with Crippen LogP contribution in [0.25, 0.3) is 0 Å². The van der Waals surface area contributed by atoms with Crippen molar-refractivity contribution in [1.82, 2.24) is 0 Å². The number of ether oxygens (including phenoxy) is 2. The highest BCUT2D eigenvalue weighted by Crippen LogP contribution is 2.23. The third-order valence-electron chi connectivity index (χ3n) is 1.12. The van der Waals surface area contributed by atoms with Gasteiger partial charge in [-0.05, 0) is 6.42 Å². The van der Waals surface area contributed by atoms with Gasteiger partial charge in [-0.2, -0.15) is 8.78 Å². The maximum absolute atomic E-state index is 12.0. The van der Waals surface area contributed by atoms with Crippen molar-refractivity contribution in [3.8, 4) is 0 Å². The Morgan fingerprint density at radius 2 is 1.77 bits per heavy atom. The van der Waals surface area contributed by atoms with E-state index in [0.29, 0.717) is 6.61 Å². The van der Waals surface area contributed by atoms with Crippen LogP contribution in [0.2, 0.25) is 0 Å². The topological polar surface area (TPSA) is 18.5 Å². The minimum atomic E-state index is -4.37. The molecule has 2 nitrogen and oxygen atoms in total. The molecule has 0 bridgehead atoms. The van der Waals surface area contributed by atoms with Gasteiger partial charge in [0.25, 0.3) is 0 Å². The summed E-state index contributed by atoms with van der Waals surface area (Å²) >= 11 is 0. The number of alkyl halides is 4. The van der Waals surface area contributed by atoms with Crippen LogP contribution in [0.15, 0.2) is 0 Å². The average Bonchev–Trinajstić information content (AvgIpc) is 2.03. The van der Waals surface area contributed by atoms with Crippen molar-refractivity contribution >= 4 is 0 Å². The molecule has 0 aliphatic heterocycles. The van der Waals surface area contributed by atoms with E-state index in [1.807, 2.05) is 6.92 Å². The molecule has 0 saturated heterocycles. The fourth-order valence-electron chi connectivity index (χ4n) is 0.546. The van der Waals surface area contributed by atoms with E-state index in [2.05, 4.69) is 4.74 Å². The monoisotopic (exact) mass is 204 g/mol. The predicted octanol–water partition coefficient (Wildman–Crippen LogP) is 2.29. The van der Waals surface area contributed by atoms with Crippen molar-refractivity contribution in [2.75, 3.05) is 19.8 Å².